The number of amides is 1. The smallest absolute Gasteiger partial charge is 0.306 e. The van der Waals surface area contributed by atoms with Gasteiger partial charge in [0.2, 0.25) is 0 Å². The van der Waals surface area contributed by atoms with Crippen LogP contribution in [0.3, 0.4) is 0 Å². The van der Waals surface area contributed by atoms with Crippen LogP contribution in [0.5, 0.6) is 5.75 Å². The van der Waals surface area contributed by atoms with E-state index in [0.717, 1.165) is 10.8 Å². The zero-order valence-corrected chi connectivity index (χ0v) is 19.3. The van der Waals surface area contributed by atoms with Crippen LogP contribution in [-0.2, 0) is 4.79 Å². The van der Waals surface area contributed by atoms with Crippen molar-refractivity contribution in [2.45, 2.75) is 44.6 Å². The van der Waals surface area contributed by atoms with E-state index < -0.39 is 11.8 Å². The summed E-state index contributed by atoms with van der Waals surface area (Å²) in [4.78, 5) is 36.0. The van der Waals surface area contributed by atoms with Crippen LogP contribution in [0.2, 0.25) is 0 Å². The maximum Gasteiger partial charge on any atom is 0.306 e. The number of nitrogens with one attached hydrogen (secondary N) is 1. The summed E-state index contributed by atoms with van der Waals surface area (Å²) >= 11 is 0. The van der Waals surface area contributed by atoms with Crippen LogP contribution in [0.1, 0.15) is 59.2 Å². The van der Waals surface area contributed by atoms with Gasteiger partial charge in [-0.3, -0.25) is 14.4 Å². The van der Waals surface area contributed by atoms with E-state index in [4.69, 9.17) is 9.84 Å². The van der Waals surface area contributed by atoms with Gasteiger partial charge < -0.3 is 15.2 Å². The van der Waals surface area contributed by atoms with Crippen molar-refractivity contribution in [3.63, 3.8) is 0 Å². The van der Waals surface area contributed by atoms with Crippen molar-refractivity contribution in [1.29, 1.82) is 0 Å². The van der Waals surface area contributed by atoms with Crippen molar-refractivity contribution in [2.24, 2.45) is 5.92 Å². The number of Topliss-reactive ketones (excluding diaryl/α,β-unsaturated/α-hetero) is 1. The molecule has 1 fully saturated rings. The summed E-state index contributed by atoms with van der Waals surface area (Å²) in [5.74, 6) is -2.11. The van der Waals surface area contributed by atoms with Gasteiger partial charge in [-0.2, -0.15) is 0 Å². The Labute approximate surface area is 203 Å². The molecular weight excluding hydrogens is 449 g/mol. The molecule has 1 amide bonds. The minimum Gasteiger partial charge on any atom is -0.487 e. The summed E-state index contributed by atoms with van der Waals surface area (Å²) in [5, 5.41) is 13.9. The van der Waals surface area contributed by atoms with Crippen LogP contribution >= 0.6 is 0 Å². The molecule has 4 rings (SSSR count). The SMILES string of the molecule is O=C(CCCNC(=O)c1ccc2ccccc2c1)c1ccc(OC2CCC(C(=O)O)CC2)c(F)c1. The Hall–Kier alpha value is -3.74. The van der Waals surface area contributed by atoms with Gasteiger partial charge in [0.05, 0.1) is 12.0 Å². The van der Waals surface area contributed by atoms with Gasteiger partial charge >= 0.3 is 5.97 Å². The maximum absolute atomic E-state index is 14.5. The molecule has 6 nitrogen and oxygen atoms in total. The van der Waals surface area contributed by atoms with Gasteiger partial charge in [0.15, 0.2) is 17.3 Å². The minimum absolute atomic E-state index is 0.0722. The molecule has 1 saturated carbocycles. The molecule has 0 radical (unpaired) electrons. The molecule has 0 aromatic heterocycles. The average molecular weight is 478 g/mol. The molecule has 35 heavy (non-hydrogen) atoms. The number of carboxylic acids is 1. The quantitative estimate of drug-likeness (QED) is 0.318. The third-order valence-corrected chi connectivity index (χ3v) is 6.45. The summed E-state index contributed by atoms with van der Waals surface area (Å²) in [6, 6.07) is 17.5. The van der Waals surface area contributed by atoms with E-state index in [0.29, 0.717) is 44.2 Å². The number of rotatable bonds is 9. The van der Waals surface area contributed by atoms with Crippen molar-refractivity contribution in [2.75, 3.05) is 6.54 Å². The van der Waals surface area contributed by atoms with Gasteiger partial charge in [0.1, 0.15) is 0 Å². The van der Waals surface area contributed by atoms with Crippen molar-refractivity contribution in [3.05, 3.63) is 77.6 Å². The predicted octanol–water partition coefficient (Wildman–Crippen LogP) is 5.39. The lowest BCUT2D eigenvalue weighted by molar-refractivity contribution is -0.143. The molecule has 182 valence electrons. The molecule has 0 unspecified atom stereocenters. The third kappa shape index (κ3) is 6.23. The lowest BCUT2D eigenvalue weighted by Crippen LogP contribution is -2.28. The fourth-order valence-electron chi connectivity index (χ4n) is 4.40. The minimum atomic E-state index is -0.800. The number of ether oxygens (including phenoxy) is 1. The van der Waals surface area contributed by atoms with E-state index in [1.807, 2.05) is 36.4 Å². The van der Waals surface area contributed by atoms with E-state index in [1.165, 1.54) is 18.2 Å². The topological polar surface area (TPSA) is 92.7 Å². The Bertz CT molecular complexity index is 1230. The molecule has 0 atom stereocenters. The summed E-state index contributed by atoms with van der Waals surface area (Å²) in [7, 11) is 0. The van der Waals surface area contributed by atoms with Crippen molar-refractivity contribution >= 4 is 28.4 Å². The van der Waals surface area contributed by atoms with Gasteiger partial charge in [-0.1, -0.05) is 30.3 Å². The number of halogens is 1. The highest BCUT2D eigenvalue weighted by Gasteiger charge is 2.27. The van der Waals surface area contributed by atoms with Gasteiger partial charge in [-0.15, -0.1) is 0 Å². The van der Waals surface area contributed by atoms with Crippen molar-refractivity contribution < 1.29 is 28.6 Å². The van der Waals surface area contributed by atoms with Gasteiger partial charge in [-0.05, 0) is 73.2 Å². The Morgan fingerprint density at radius 2 is 1.63 bits per heavy atom. The molecule has 1 aliphatic rings. The second-order valence-electron chi connectivity index (χ2n) is 8.92. The number of ketones is 1. The zero-order chi connectivity index (χ0) is 24.8. The fourth-order valence-corrected chi connectivity index (χ4v) is 4.40. The molecule has 0 saturated heterocycles. The van der Waals surface area contributed by atoms with Crippen LogP contribution in [-0.4, -0.2) is 35.4 Å². The maximum atomic E-state index is 14.5. The summed E-state index contributed by atoms with van der Waals surface area (Å²) in [6.07, 6.45) is 2.52. The van der Waals surface area contributed by atoms with Crippen LogP contribution in [0.15, 0.2) is 60.7 Å². The van der Waals surface area contributed by atoms with Crippen molar-refractivity contribution in [1.82, 2.24) is 5.32 Å². The van der Waals surface area contributed by atoms with E-state index >= 15 is 0 Å². The average Bonchev–Trinajstić information content (AvgIpc) is 2.87. The lowest BCUT2D eigenvalue weighted by Gasteiger charge is -2.27. The van der Waals surface area contributed by atoms with E-state index in [-0.39, 0.29) is 41.4 Å². The van der Waals surface area contributed by atoms with Gasteiger partial charge in [0, 0.05) is 24.1 Å². The molecule has 3 aromatic rings. The predicted molar refractivity (Wildman–Crippen MR) is 130 cm³/mol. The van der Waals surface area contributed by atoms with E-state index in [9.17, 15) is 18.8 Å². The number of aliphatic carboxylic acids is 1. The molecule has 3 aromatic carbocycles. The number of carbonyl (C=O) groups excluding carboxylic acids is 2. The number of fused-ring (bicyclic) bond motifs is 1. The Balaban J connectivity index is 1.23. The largest absolute Gasteiger partial charge is 0.487 e. The van der Waals surface area contributed by atoms with Crippen LogP contribution < -0.4 is 10.1 Å². The molecule has 1 aliphatic carbocycles. The van der Waals surface area contributed by atoms with Gasteiger partial charge in [0.25, 0.3) is 5.91 Å². The highest BCUT2D eigenvalue weighted by Crippen LogP contribution is 2.29. The Morgan fingerprint density at radius 3 is 2.34 bits per heavy atom. The number of hydrogen-bond donors (Lipinski definition) is 2. The number of hydrogen-bond acceptors (Lipinski definition) is 4. The molecule has 7 heteroatoms. The van der Waals surface area contributed by atoms with Crippen LogP contribution in [0, 0.1) is 11.7 Å². The van der Waals surface area contributed by atoms with Crippen LogP contribution in [0.4, 0.5) is 4.39 Å². The van der Waals surface area contributed by atoms with Crippen molar-refractivity contribution in [3.8, 4) is 5.75 Å². The van der Waals surface area contributed by atoms with Gasteiger partial charge in [-0.25, -0.2) is 4.39 Å². The second kappa shape index (κ2) is 11.1. The highest BCUT2D eigenvalue weighted by atomic mass is 19.1. The lowest BCUT2D eigenvalue weighted by atomic mass is 9.87. The molecule has 0 spiro atoms. The molecule has 2 N–H and O–H groups in total. The normalized spacial score (nSPS) is 17.6. The monoisotopic (exact) mass is 477 g/mol. The molecule has 0 bridgehead atoms. The summed E-state index contributed by atoms with van der Waals surface area (Å²) < 4.78 is 20.3. The summed E-state index contributed by atoms with van der Waals surface area (Å²) in [6.45, 7) is 0.333. The first-order valence-corrected chi connectivity index (χ1v) is 11.9. The first-order valence-electron chi connectivity index (χ1n) is 11.9. The fraction of sp³-hybridized carbons (Fsp3) is 0.321. The first-order chi connectivity index (χ1) is 16.9. The highest BCUT2D eigenvalue weighted by molar-refractivity contribution is 5.99. The third-order valence-electron chi connectivity index (χ3n) is 6.45. The molecule has 0 aliphatic heterocycles. The zero-order valence-electron chi connectivity index (χ0n) is 19.3. The first kappa shape index (κ1) is 24.4. The number of carboxylic acid groups (broad SMARTS) is 1. The number of benzene rings is 3. The Kier molecular flexibility index (Phi) is 7.75. The molecule has 0 heterocycles. The molecular formula is C28H28FNO5. The second-order valence-corrected chi connectivity index (χ2v) is 8.92. The Morgan fingerprint density at radius 1 is 0.914 bits per heavy atom. The summed E-state index contributed by atoms with van der Waals surface area (Å²) in [5.41, 5.74) is 0.814. The number of carbonyl (C=O) groups is 3. The standard InChI is InChI=1S/C28H28FNO5/c29-24-17-21(11-14-26(24)35-23-12-9-19(10-13-23)28(33)34)25(31)6-3-15-30-27(32)22-8-7-18-4-1-2-5-20(18)16-22/h1-2,4-5,7-8,11,14,16-17,19,23H,3,6,9-10,12-13,15H2,(H,30,32)(H,33,34). The van der Waals surface area contributed by atoms with E-state index in [1.54, 1.807) is 6.07 Å². The van der Waals surface area contributed by atoms with E-state index in [2.05, 4.69) is 5.32 Å². The van der Waals surface area contributed by atoms with Crippen LogP contribution in [0.25, 0.3) is 10.8 Å².